The number of carboxylic acids is 1. The zero-order chi connectivity index (χ0) is 10.8. The first-order chi connectivity index (χ1) is 6.53. The van der Waals surface area contributed by atoms with Crippen LogP contribution in [-0.2, 0) is 4.79 Å². The molecule has 1 rings (SSSR count). The minimum atomic E-state index is -0.682. The first kappa shape index (κ1) is 11.5. The Morgan fingerprint density at radius 2 is 2.00 bits per heavy atom. The van der Waals surface area contributed by atoms with Crippen molar-refractivity contribution in [1.82, 2.24) is 0 Å². The molecule has 0 aromatic rings. The molecule has 0 saturated heterocycles. The lowest BCUT2D eigenvalue weighted by atomic mass is 9.65. The predicted octanol–water partition coefficient (Wildman–Crippen LogP) is 2.04. The van der Waals surface area contributed by atoms with Crippen LogP contribution in [0.5, 0.6) is 0 Å². The highest BCUT2D eigenvalue weighted by Crippen LogP contribution is 2.44. The molecule has 1 aliphatic rings. The molecule has 0 aromatic heterocycles. The quantitative estimate of drug-likeness (QED) is 0.733. The van der Waals surface area contributed by atoms with Gasteiger partial charge in [0.05, 0.1) is 11.5 Å². The van der Waals surface area contributed by atoms with E-state index in [1.54, 1.807) is 0 Å². The van der Waals surface area contributed by atoms with Gasteiger partial charge in [-0.2, -0.15) is 0 Å². The van der Waals surface area contributed by atoms with Crippen LogP contribution in [0.15, 0.2) is 0 Å². The summed E-state index contributed by atoms with van der Waals surface area (Å²) in [5.74, 6) is -0.480. The molecule has 0 aliphatic heterocycles. The monoisotopic (exact) mass is 200 g/mol. The maximum atomic E-state index is 11.3. The largest absolute Gasteiger partial charge is 0.481 e. The lowest BCUT2D eigenvalue weighted by Gasteiger charge is -2.39. The Morgan fingerprint density at radius 1 is 1.50 bits per heavy atom. The minimum absolute atomic E-state index is 0.201. The second kappa shape index (κ2) is 4.30. The second-order valence-electron chi connectivity index (χ2n) is 4.50. The van der Waals surface area contributed by atoms with E-state index in [1.165, 1.54) is 0 Å². The number of carbonyl (C=O) groups is 1. The van der Waals surface area contributed by atoms with Gasteiger partial charge in [-0.3, -0.25) is 4.79 Å². The van der Waals surface area contributed by atoms with Gasteiger partial charge in [-0.25, -0.2) is 0 Å². The third-order valence-corrected chi connectivity index (χ3v) is 3.83. The molecule has 3 heteroatoms. The van der Waals surface area contributed by atoms with Crippen LogP contribution in [-0.4, -0.2) is 22.3 Å². The molecular formula is C11H20O3. The summed E-state index contributed by atoms with van der Waals surface area (Å²) < 4.78 is 0. The number of aliphatic hydroxyl groups is 1. The zero-order valence-electron chi connectivity index (χ0n) is 8.99. The summed E-state index contributed by atoms with van der Waals surface area (Å²) in [6, 6.07) is 0. The second-order valence-corrected chi connectivity index (χ2v) is 4.50. The van der Waals surface area contributed by atoms with Crippen molar-refractivity contribution >= 4 is 5.97 Å². The van der Waals surface area contributed by atoms with E-state index in [4.69, 9.17) is 0 Å². The summed E-state index contributed by atoms with van der Waals surface area (Å²) in [4.78, 5) is 11.3. The predicted molar refractivity (Wildman–Crippen MR) is 54.0 cm³/mol. The Labute approximate surface area is 85.1 Å². The number of hydrogen-bond acceptors (Lipinski definition) is 2. The van der Waals surface area contributed by atoms with Gasteiger partial charge >= 0.3 is 5.97 Å². The Bertz CT molecular complexity index is 205. The van der Waals surface area contributed by atoms with E-state index >= 15 is 0 Å². The van der Waals surface area contributed by atoms with Crippen LogP contribution in [0.4, 0.5) is 0 Å². The highest BCUT2D eigenvalue weighted by Gasteiger charge is 2.45. The first-order valence-corrected chi connectivity index (χ1v) is 5.44. The maximum absolute atomic E-state index is 11.3. The molecule has 1 fully saturated rings. The molecule has 1 unspecified atom stereocenters. The molecule has 1 atom stereocenters. The highest BCUT2D eigenvalue weighted by molar-refractivity contribution is 5.75. The molecule has 14 heavy (non-hydrogen) atoms. The molecule has 0 radical (unpaired) electrons. The van der Waals surface area contributed by atoms with E-state index in [-0.39, 0.29) is 12.0 Å². The molecule has 0 aromatic carbocycles. The van der Waals surface area contributed by atoms with Crippen molar-refractivity contribution in [3.8, 4) is 0 Å². The van der Waals surface area contributed by atoms with Crippen LogP contribution < -0.4 is 0 Å². The summed E-state index contributed by atoms with van der Waals surface area (Å²) >= 11 is 0. The van der Waals surface area contributed by atoms with Gasteiger partial charge in [-0.05, 0) is 31.6 Å². The van der Waals surface area contributed by atoms with Crippen molar-refractivity contribution in [1.29, 1.82) is 0 Å². The highest BCUT2D eigenvalue weighted by atomic mass is 16.4. The summed E-state index contributed by atoms with van der Waals surface area (Å²) in [5, 5.41) is 18.7. The zero-order valence-corrected chi connectivity index (χ0v) is 8.99. The normalized spacial score (nSPS) is 35.2. The van der Waals surface area contributed by atoms with Gasteiger partial charge < -0.3 is 10.2 Å². The van der Waals surface area contributed by atoms with E-state index in [1.807, 2.05) is 13.8 Å². The van der Waals surface area contributed by atoms with Crippen molar-refractivity contribution in [3.05, 3.63) is 0 Å². The van der Waals surface area contributed by atoms with E-state index in [9.17, 15) is 15.0 Å². The van der Waals surface area contributed by atoms with Crippen molar-refractivity contribution in [2.75, 3.05) is 0 Å². The van der Waals surface area contributed by atoms with Gasteiger partial charge in [0, 0.05) is 0 Å². The van der Waals surface area contributed by atoms with Gasteiger partial charge in [-0.1, -0.05) is 20.3 Å². The van der Waals surface area contributed by atoms with Crippen molar-refractivity contribution < 1.29 is 15.0 Å². The van der Waals surface area contributed by atoms with Crippen LogP contribution in [0.25, 0.3) is 0 Å². The molecule has 0 bridgehead atoms. The van der Waals surface area contributed by atoms with Crippen molar-refractivity contribution in [2.45, 2.75) is 52.1 Å². The van der Waals surface area contributed by atoms with E-state index in [2.05, 4.69) is 0 Å². The average molecular weight is 200 g/mol. The molecule has 3 nitrogen and oxygen atoms in total. The molecule has 82 valence electrons. The lowest BCUT2D eigenvalue weighted by molar-refractivity contribution is -0.156. The fraction of sp³-hybridized carbons (Fsp3) is 0.909. The number of rotatable bonds is 3. The van der Waals surface area contributed by atoms with Gasteiger partial charge in [-0.15, -0.1) is 0 Å². The van der Waals surface area contributed by atoms with E-state index in [0.717, 1.165) is 6.42 Å². The fourth-order valence-corrected chi connectivity index (χ4v) is 2.43. The number of hydrogen-bond donors (Lipinski definition) is 2. The van der Waals surface area contributed by atoms with Crippen LogP contribution in [0.2, 0.25) is 0 Å². The summed E-state index contributed by atoms with van der Waals surface area (Å²) in [6.45, 7) is 4.03. The molecule has 1 aliphatic carbocycles. The molecule has 2 N–H and O–H groups in total. The topological polar surface area (TPSA) is 57.5 Å². The van der Waals surface area contributed by atoms with Crippen molar-refractivity contribution in [3.63, 3.8) is 0 Å². The average Bonchev–Trinajstić information content (AvgIpc) is 2.18. The number of aliphatic hydroxyl groups excluding tert-OH is 1. The molecule has 0 amide bonds. The van der Waals surface area contributed by atoms with Gasteiger partial charge in [0.25, 0.3) is 0 Å². The summed E-state index contributed by atoms with van der Waals surface area (Å²) in [5.41, 5.74) is -0.575. The molecular weight excluding hydrogens is 180 g/mol. The van der Waals surface area contributed by atoms with Crippen LogP contribution in [0.1, 0.15) is 46.0 Å². The molecule has 0 spiro atoms. The van der Waals surface area contributed by atoms with Crippen molar-refractivity contribution in [2.24, 2.45) is 11.3 Å². The summed E-state index contributed by atoms with van der Waals surface area (Å²) in [7, 11) is 0. The fourth-order valence-electron chi connectivity index (χ4n) is 2.43. The van der Waals surface area contributed by atoms with Crippen LogP contribution >= 0.6 is 0 Å². The van der Waals surface area contributed by atoms with E-state index in [0.29, 0.717) is 25.7 Å². The number of carboxylic acid groups (broad SMARTS) is 1. The standard InChI is InChI=1S/C11H20O3/c1-3-8(2)11(10(13)14)6-4-9(12)5-7-11/h8-9,12H,3-7H2,1-2H3,(H,13,14). The maximum Gasteiger partial charge on any atom is 0.309 e. The van der Waals surface area contributed by atoms with Gasteiger partial charge in [0.2, 0.25) is 0 Å². The Hall–Kier alpha value is -0.570. The number of aliphatic carboxylic acids is 1. The third kappa shape index (κ3) is 1.92. The Kier molecular flexibility index (Phi) is 3.53. The molecule has 1 saturated carbocycles. The van der Waals surface area contributed by atoms with Gasteiger partial charge in [0.15, 0.2) is 0 Å². The smallest absolute Gasteiger partial charge is 0.309 e. The SMILES string of the molecule is CCC(C)C1(C(=O)O)CCC(O)CC1. The first-order valence-electron chi connectivity index (χ1n) is 5.44. The van der Waals surface area contributed by atoms with Crippen LogP contribution in [0.3, 0.4) is 0 Å². The third-order valence-electron chi connectivity index (χ3n) is 3.83. The van der Waals surface area contributed by atoms with Crippen LogP contribution in [0, 0.1) is 11.3 Å². The minimum Gasteiger partial charge on any atom is -0.481 e. The lowest BCUT2D eigenvalue weighted by Crippen LogP contribution is -2.41. The van der Waals surface area contributed by atoms with E-state index < -0.39 is 11.4 Å². The summed E-state index contributed by atoms with van der Waals surface area (Å²) in [6.07, 6.45) is 3.12. The Morgan fingerprint density at radius 3 is 2.36 bits per heavy atom. The van der Waals surface area contributed by atoms with Gasteiger partial charge in [0.1, 0.15) is 0 Å². The Balaban J connectivity index is 2.78. The molecule has 0 heterocycles.